The maximum Gasteiger partial charge on any atom is 0.123 e. The highest BCUT2D eigenvalue weighted by molar-refractivity contribution is 5.56. The summed E-state index contributed by atoms with van der Waals surface area (Å²) in [7, 11) is 0. The van der Waals surface area contributed by atoms with Gasteiger partial charge in [-0.15, -0.1) is 0 Å². The Hall–Kier alpha value is -1.09. The summed E-state index contributed by atoms with van der Waals surface area (Å²) in [5.74, 6) is 0.679. The van der Waals surface area contributed by atoms with Crippen molar-refractivity contribution in [2.24, 2.45) is 5.92 Å². The summed E-state index contributed by atoms with van der Waals surface area (Å²) < 4.78 is 13.7. The molecule has 118 valence electrons. The van der Waals surface area contributed by atoms with Crippen molar-refractivity contribution in [3.05, 3.63) is 29.6 Å². The van der Waals surface area contributed by atoms with Crippen LogP contribution in [0.5, 0.6) is 0 Å². The molecule has 2 nitrogen and oxygen atoms in total. The minimum absolute atomic E-state index is 0.144. The normalized spacial score (nSPS) is 16.3. The molecule has 0 radical (unpaired) electrons. The van der Waals surface area contributed by atoms with Crippen LogP contribution in [0.4, 0.5) is 10.1 Å². The van der Waals surface area contributed by atoms with Gasteiger partial charge in [0.2, 0.25) is 0 Å². The van der Waals surface area contributed by atoms with Crippen molar-refractivity contribution >= 4 is 5.69 Å². The molecule has 1 fully saturated rings. The second-order valence-corrected chi connectivity index (χ2v) is 6.57. The second kappa shape index (κ2) is 7.26. The Morgan fingerprint density at radius 3 is 2.57 bits per heavy atom. The highest BCUT2D eigenvalue weighted by atomic mass is 19.1. The van der Waals surface area contributed by atoms with E-state index in [1.807, 2.05) is 6.07 Å². The minimum atomic E-state index is -0.144. The Labute approximate surface area is 128 Å². The quantitative estimate of drug-likeness (QED) is 0.758. The molecule has 0 bridgehead atoms. The van der Waals surface area contributed by atoms with Gasteiger partial charge in [-0.1, -0.05) is 6.92 Å². The summed E-state index contributed by atoms with van der Waals surface area (Å²) >= 11 is 0. The number of benzene rings is 1. The minimum Gasteiger partial charge on any atom is -0.369 e. The molecule has 2 rings (SSSR count). The smallest absolute Gasteiger partial charge is 0.123 e. The van der Waals surface area contributed by atoms with E-state index in [0.717, 1.165) is 31.0 Å². The Morgan fingerprint density at radius 2 is 2.00 bits per heavy atom. The maximum absolute atomic E-state index is 13.7. The lowest BCUT2D eigenvalue weighted by Gasteiger charge is -2.32. The van der Waals surface area contributed by atoms with Gasteiger partial charge in [-0.3, -0.25) is 0 Å². The predicted molar refractivity (Wildman–Crippen MR) is 88.3 cm³/mol. The number of nitrogens with one attached hydrogen (secondary N) is 1. The van der Waals surface area contributed by atoms with Gasteiger partial charge in [0.25, 0.3) is 0 Å². The first-order chi connectivity index (χ1) is 10.0. The zero-order valence-electron chi connectivity index (χ0n) is 13.8. The Morgan fingerprint density at radius 1 is 1.29 bits per heavy atom. The van der Waals surface area contributed by atoms with Crippen LogP contribution in [-0.2, 0) is 0 Å². The highest BCUT2D eigenvalue weighted by Gasteiger charge is 2.27. The van der Waals surface area contributed by atoms with E-state index in [1.165, 1.54) is 18.5 Å². The van der Waals surface area contributed by atoms with Gasteiger partial charge in [0.1, 0.15) is 5.82 Å². The first kappa shape index (κ1) is 16.3. The van der Waals surface area contributed by atoms with Crippen molar-refractivity contribution in [3.8, 4) is 0 Å². The molecule has 1 N–H and O–H groups in total. The molecule has 1 aliphatic rings. The zero-order valence-corrected chi connectivity index (χ0v) is 13.8. The molecule has 1 atom stereocenters. The van der Waals surface area contributed by atoms with Gasteiger partial charge in [0.15, 0.2) is 0 Å². The molecule has 0 amide bonds. The third kappa shape index (κ3) is 4.44. The number of rotatable bonds is 8. The lowest BCUT2D eigenvalue weighted by Crippen LogP contribution is -2.34. The molecule has 1 aromatic rings. The lowest BCUT2D eigenvalue weighted by atomic mass is 10.0. The molecule has 3 heteroatoms. The van der Waals surface area contributed by atoms with Gasteiger partial charge in [0.05, 0.1) is 0 Å². The van der Waals surface area contributed by atoms with Gasteiger partial charge in [0, 0.05) is 24.3 Å². The van der Waals surface area contributed by atoms with Crippen LogP contribution in [0.3, 0.4) is 0 Å². The summed E-state index contributed by atoms with van der Waals surface area (Å²) in [6.07, 6.45) is 3.76. The fraction of sp³-hybridized carbons (Fsp3) is 0.667. The summed E-state index contributed by atoms with van der Waals surface area (Å²) in [6, 6.07) is 5.86. The molecule has 0 saturated heterocycles. The van der Waals surface area contributed by atoms with Crippen LogP contribution in [-0.4, -0.2) is 19.1 Å². The molecule has 0 spiro atoms. The Balaban J connectivity index is 2.26. The molecular weight excluding hydrogens is 263 g/mol. The van der Waals surface area contributed by atoms with Crippen LogP contribution in [0, 0.1) is 11.7 Å². The van der Waals surface area contributed by atoms with E-state index in [9.17, 15) is 4.39 Å². The summed E-state index contributed by atoms with van der Waals surface area (Å²) in [5, 5.41) is 3.49. The summed E-state index contributed by atoms with van der Waals surface area (Å²) in [4.78, 5) is 2.44. The number of hydrogen-bond donors (Lipinski definition) is 1. The fourth-order valence-corrected chi connectivity index (χ4v) is 2.77. The SMILES string of the molecule is CCCNC(C)c1cc(F)ccc1N(CC1CC1)C(C)C. The van der Waals surface area contributed by atoms with E-state index in [1.54, 1.807) is 12.1 Å². The first-order valence-corrected chi connectivity index (χ1v) is 8.32. The summed E-state index contributed by atoms with van der Waals surface area (Å²) in [6.45, 7) is 10.8. The van der Waals surface area contributed by atoms with E-state index in [-0.39, 0.29) is 11.9 Å². The fourth-order valence-electron chi connectivity index (χ4n) is 2.77. The first-order valence-electron chi connectivity index (χ1n) is 8.32. The van der Waals surface area contributed by atoms with Crippen LogP contribution in [0.15, 0.2) is 18.2 Å². The Bertz CT molecular complexity index is 455. The van der Waals surface area contributed by atoms with Crippen LogP contribution in [0.2, 0.25) is 0 Å². The monoisotopic (exact) mass is 292 g/mol. The van der Waals surface area contributed by atoms with Crippen molar-refractivity contribution in [1.29, 1.82) is 0 Å². The van der Waals surface area contributed by atoms with Gasteiger partial charge >= 0.3 is 0 Å². The molecule has 1 saturated carbocycles. The van der Waals surface area contributed by atoms with E-state index in [2.05, 4.69) is 37.9 Å². The van der Waals surface area contributed by atoms with Crippen LogP contribution in [0.25, 0.3) is 0 Å². The van der Waals surface area contributed by atoms with Gasteiger partial charge in [-0.05, 0) is 76.3 Å². The zero-order chi connectivity index (χ0) is 15.4. The number of hydrogen-bond acceptors (Lipinski definition) is 2. The molecular formula is C18H29FN2. The van der Waals surface area contributed by atoms with Gasteiger partial charge in [-0.25, -0.2) is 4.39 Å². The third-order valence-electron chi connectivity index (χ3n) is 4.24. The predicted octanol–water partition coefficient (Wildman–Crippen LogP) is 4.51. The lowest BCUT2D eigenvalue weighted by molar-refractivity contribution is 0.555. The van der Waals surface area contributed by atoms with E-state index in [4.69, 9.17) is 0 Å². The molecule has 0 heterocycles. The van der Waals surface area contributed by atoms with E-state index in [0.29, 0.717) is 6.04 Å². The summed E-state index contributed by atoms with van der Waals surface area (Å²) in [5.41, 5.74) is 2.27. The topological polar surface area (TPSA) is 15.3 Å². The van der Waals surface area contributed by atoms with E-state index < -0.39 is 0 Å². The van der Waals surface area contributed by atoms with E-state index >= 15 is 0 Å². The second-order valence-electron chi connectivity index (χ2n) is 6.57. The van der Waals surface area contributed by atoms with Gasteiger partial charge < -0.3 is 10.2 Å². The molecule has 0 aliphatic heterocycles. The molecule has 1 aromatic carbocycles. The average Bonchev–Trinajstić information content (AvgIpc) is 3.26. The van der Waals surface area contributed by atoms with Crippen molar-refractivity contribution < 1.29 is 4.39 Å². The largest absolute Gasteiger partial charge is 0.369 e. The molecule has 1 aliphatic carbocycles. The third-order valence-corrected chi connectivity index (χ3v) is 4.24. The molecule has 21 heavy (non-hydrogen) atoms. The van der Waals surface area contributed by atoms with Crippen LogP contribution in [0.1, 0.15) is 58.6 Å². The van der Waals surface area contributed by atoms with Crippen molar-refractivity contribution in [2.75, 3.05) is 18.0 Å². The van der Waals surface area contributed by atoms with Crippen molar-refractivity contribution in [2.45, 2.75) is 59.0 Å². The number of nitrogens with zero attached hydrogens (tertiary/aromatic N) is 1. The number of halogens is 1. The van der Waals surface area contributed by atoms with Gasteiger partial charge in [-0.2, -0.15) is 0 Å². The maximum atomic E-state index is 13.7. The standard InChI is InChI=1S/C18H29FN2/c1-5-10-20-14(4)17-11-16(19)8-9-18(17)21(13(2)3)12-15-6-7-15/h8-9,11,13-15,20H,5-7,10,12H2,1-4H3. The van der Waals surface area contributed by atoms with Crippen LogP contribution < -0.4 is 10.2 Å². The molecule has 0 aromatic heterocycles. The van der Waals surface area contributed by atoms with Crippen molar-refractivity contribution in [3.63, 3.8) is 0 Å². The van der Waals surface area contributed by atoms with Crippen molar-refractivity contribution in [1.82, 2.24) is 5.32 Å². The number of anilines is 1. The Kier molecular flexibility index (Phi) is 5.63. The molecule has 1 unspecified atom stereocenters. The average molecular weight is 292 g/mol. The highest BCUT2D eigenvalue weighted by Crippen LogP contribution is 2.35. The van der Waals surface area contributed by atoms with Crippen LogP contribution >= 0.6 is 0 Å².